The third-order valence-corrected chi connectivity index (χ3v) is 9.12. The van der Waals surface area contributed by atoms with Crippen molar-refractivity contribution in [3.05, 3.63) is 22.8 Å². The number of carbonyl (C=O) groups excluding carboxylic acids is 1. The largest absolute Gasteiger partial charge is 0.453 e. The number of aliphatic hydroxyl groups excluding tert-OH is 1. The number of fused-ring (bicyclic) bond motifs is 5. The van der Waals surface area contributed by atoms with Crippen LogP contribution in [-0.4, -0.2) is 29.1 Å². The zero-order valence-electron chi connectivity index (χ0n) is 16.9. The molecular weight excluding hydrogens is 427 g/mol. The van der Waals surface area contributed by atoms with Crippen LogP contribution in [0.15, 0.2) is 22.8 Å². The van der Waals surface area contributed by atoms with Crippen molar-refractivity contribution in [2.75, 3.05) is 0 Å². The van der Waals surface area contributed by atoms with Gasteiger partial charge in [-0.3, -0.25) is 4.79 Å². The van der Waals surface area contributed by atoms with Crippen LogP contribution in [0.1, 0.15) is 52.4 Å². The van der Waals surface area contributed by atoms with Gasteiger partial charge < -0.3 is 5.11 Å². The molecule has 168 valence electrons. The highest BCUT2D eigenvalue weighted by molar-refractivity contribution is 6.45. The summed E-state index contributed by atoms with van der Waals surface area (Å²) in [4.78, 5) is 12.1. The molecule has 4 aliphatic carbocycles. The van der Waals surface area contributed by atoms with Gasteiger partial charge in [0, 0.05) is 11.8 Å². The van der Waals surface area contributed by atoms with Crippen LogP contribution in [0, 0.1) is 34.5 Å². The first-order valence-corrected chi connectivity index (χ1v) is 10.9. The first-order chi connectivity index (χ1) is 13.7. The highest BCUT2D eigenvalue weighted by atomic mass is 35.5. The summed E-state index contributed by atoms with van der Waals surface area (Å²) < 4.78 is 67.6. The molecule has 0 aromatic heterocycles. The summed E-state index contributed by atoms with van der Waals surface area (Å²) in [5, 5.41) is 10.5. The molecule has 7 atom stereocenters. The summed E-state index contributed by atoms with van der Waals surface area (Å²) in [6, 6.07) is 0. The van der Waals surface area contributed by atoms with Gasteiger partial charge in [0.25, 0.3) is 0 Å². The van der Waals surface area contributed by atoms with Crippen LogP contribution in [-0.2, 0) is 4.79 Å². The lowest BCUT2D eigenvalue weighted by atomic mass is 9.45. The standard InChI is InChI=1S/C22H26ClF5O2/c1-19-8-6-15(29)18(23)14(19)9-11(10-21(24,25)22(26,27)28)17-12-3-4-16(30)20(12,2)7-5-13(17)19/h6,8,11-13,16-17,30H,3-5,7,9-10H2,1-2H3/t11-,12-,13-,16-,17-,19+,20-/m0/s1. The molecule has 0 aliphatic heterocycles. The van der Waals surface area contributed by atoms with Crippen molar-refractivity contribution in [2.45, 2.75) is 70.6 Å². The van der Waals surface area contributed by atoms with E-state index in [1.54, 1.807) is 6.08 Å². The second-order valence-corrected chi connectivity index (χ2v) is 10.4. The van der Waals surface area contributed by atoms with Crippen molar-refractivity contribution in [2.24, 2.45) is 34.5 Å². The fourth-order valence-corrected chi connectivity index (χ4v) is 7.38. The van der Waals surface area contributed by atoms with Crippen molar-refractivity contribution in [1.82, 2.24) is 0 Å². The Bertz CT molecular complexity index is 819. The number of halogens is 6. The molecule has 2 nitrogen and oxygen atoms in total. The number of carbonyl (C=O) groups is 1. The van der Waals surface area contributed by atoms with E-state index in [1.165, 1.54) is 6.08 Å². The van der Waals surface area contributed by atoms with E-state index < -0.39 is 53.1 Å². The minimum atomic E-state index is -5.63. The average molecular weight is 453 g/mol. The lowest BCUT2D eigenvalue weighted by Gasteiger charge is -2.59. The zero-order valence-corrected chi connectivity index (χ0v) is 17.7. The first kappa shape index (κ1) is 22.3. The molecule has 0 radical (unpaired) electrons. The number of aliphatic hydroxyl groups is 1. The lowest BCUT2D eigenvalue weighted by Crippen LogP contribution is -2.55. The van der Waals surface area contributed by atoms with Gasteiger partial charge in [-0.1, -0.05) is 31.5 Å². The van der Waals surface area contributed by atoms with Crippen LogP contribution in [0.25, 0.3) is 0 Å². The van der Waals surface area contributed by atoms with E-state index in [2.05, 4.69) is 0 Å². The third kappa shape index (κ3) is 3.01. The minimum Gasteiger partial charge on any atom is -0.393 e. The molecule has 0 bridgehead atoms. The highest BCUT2D eigenvalue weighted by Crippen LogP contribution is 2.67. The summed E-state index contributed by atoms with van der Waals surface area (Å²) in [5.41, 5.74) is -0.639. The molecule has 0 saturated heterocycles. The second-order valence-electron chi connectivity index (χ2n) is 10.1. The van der Waals surface area contributed by atoms with Crippen LogP contribution in [0.5, 0.6) is 0 Å². The van der Waals surface area contributed by atoms with Crippen LogP contribution in [0.2, 0.25) is 0 Å². The highest BCUT2D eigenvalue weighted by Gasteiger charge is 2.65. The smallest absolute Gasteiger partial charge is 0.393 e. The molecular formula is C22H26ClF5O2. The van der Waals surface area contributed by atoms with E-state index in [0.717, 1.165) is 0 Å². The molecule has 0 aromatic carbocycles. The number of hydrogen-bond acceptors (Lipinski definition) is 2. The Morgan fingerprint density at radius 3 is 2.43 bits per heavy atom. The van der Waals surface area contributed by atoms with Gasteiger partial charge in [-0.15, -0.1) is 0 Å². The molecule has 1 N–H and O–H groups in total. The van der Waals surface area contributed by atoms with Crippen LogP contribution in [0.3, 0.4) is 0 Å². The predicted octanol–water partition coefficient (Wildman–Crippen LogP) is 6.04. The van der Waals surface area contributed by atoms with E-state index >= 15 is 0 Å². The van der Waals surface area contributed by atoms with Crippen LogP contribution >= 0.6 is 11.6 Å². The van der Waals surface area contributed by atoms with E-state index in [0.29, 0.717) is 31.3 Å². The maximum absolute atomic E-state index is 14.2. The summed E-state index contributed by atoms with van der Waals surface area (Å²) in [7, 11) is 0. The van der Waals surface area contributed by atoms with E-state index in [-0.39, 0.29) is 23.3 Å². The lowest BCUT2D eigenvalue weighted by molar-refractivity contribution is -0.291. The van der Waals surface area contributed by atoms with Crippen molar-refractivity contribution >= 4 is 17.4 Å². The molecule has 8 heteroatoms. The van der Waals surface area contributed by atoms with E-state index in [1.807, 2.05) is 13.8 Å². The number of rotatable bonds is 2. The van der Waals surface area contributed by atoms with Crippen molar-refractivity contribution in [3.8, 4) is 0 Å². The van der Waals surface area contributed by atoms with Crippen molar-refractivity contribution in [1.29, 1.82) is 0 Å². The first-order valence-electron chi connectivity index (χ1n) is 10.5. The van der Waals surface area contributed by atoms with Crippen molar-refractivity contribution < 1.29 is 31.9 Å². The average Bonchev–Trinajstić information content (AvgIpc) is 2.94. The van der Waals surface area contributed by atoms with Gasteiger partial charge in [-0.25, -0.2) is 0 Å². The van der Waals surface area contributed by atoms with E-state index in [4.69, 9.17) is 11.6 Å². The second kappa shape index (κ2) is 6.77. The van der Waals surface area contributed by atoms with Gasteiger partial charge in [0.05, 0.1) is 11.1 Å². The molecule has 30 heavy (non-hydrogen) atoms. The molecule has 4 rings (SSSR count). The number of allylic oxidation sites excluding steroid dienone is 4. The maximum Gasteiger partial charge on any atom is 0.453 e. The van der Waals surface area contributed by atoms with E-state index in [9.17, 15) is 31.9 Å². The number of ketones is 1. The van der Waals surface area contributed by atoms with Gasteiger partial charge >= 0.3 is 12.1 Å². The molecule has 3 saturated carbocycles. The van der Waals surface area contributed by atoms with Gasteiger partial charge in [0.1, 0.15) is 0 Å². The predicted molar refractivity (Wildman–Crippen MR) is 102 cm³/mol. The van der Waals surface area contributed by atoms with Gasteiger partial charge in [-0.05, 0) is 72.8 Å². The summed E-state index contributed by atoms with van der Waals surface area (Å²) in [6.07, 6.45) is -2.02. The van der Waals surface area contributed by atoms with Crippen LogP contribution in [0.4, 0.5) is 22.0 Å². The Hall–Kier alpha value is -0.950. The monoisotopic (exact) mass is 452 g/mol. The number of alkyl halides is 5. The third-order valence-electron chi connectivity index (χ3n) is 8.71. The Morgan fingerprint density at radius 2 is 1.80 bits per heavy atom. The normalized spacial score (nSPS) is 44.0. The fourth-order valence-electron chi connectivity index (χ4n) is 7.04. The van der Waals surface area contributed by atoms with Crippen LogP contribution < -0.4 is 0 Å². The maximum atomic E-state index is 14.2. The Balaban J connectivity index is 1.80. The Morgan fingerprint density at radius 1 is 1.13 bits per heavy atom. The fraction of sp³-hybridized carbons (Fsp3) is 0.773. The van der Waals surface area contributed by atoms with Gasteiger partial charge in [0.15, 0.2) is 5.78 Å². The quantitative estimate of drug-likeness (QED) is 0.519. The summed E-state index contributed by atoms with van der Waals surface area (Å²) in [6.45, 7) is 3.85. The Kier molecular flexibility index (Phi) is 5.02. The van der Waals surface area contributed by atoms with Gasteiger partial charge in [-0.2, -0.15) is 22.0 Å². The molecule has 0 unspecified atom stereocenters. The molecule has 0 heterocycles. The molecule has 3 fully saturated rings. The SMILES string of the molecule is C[C@]12CC[C@H]3[C@@H]([C@H](CC(F)(F)C(F)(F)F)CC4=C(Cl)C(=O)C=C[C@@]43C)[C@@H]1CC[C@@H]2O. The summed E-state index contributed by atoms with van der Waals surface area (Å²) >= 11 is 6.28. The minimum absolute atomic E-state index is 0.0430. The molecule has 0 aromatic rings. The number of hydrogen-bond donors (Lipinski definition) is 1. The Labute approximate surface area is 177 Å². The molecule has 4 aliphatic rings. The molecule has 0 amide bonds. The topological polar surface area (TPSA) is 37.3 Å². The van der Waals surface area contributed by atoms with Crippen molar-refractivity contribution in [3.63, 3.8) is 0 Å². The van der Waals surface area contributed by atoms with Gasteiger partial charge in [0.2, 0.25) is 0 Å². The summed E-state index contributed by atoms with van der Waals surface area (Å²) in [5.74, 6) is -6.94. The zero-order chi connectivity index (χ0) is 22.3. The molecule has 0 spiro atoms.